The summed E-state index contributed by atoms with van der Waals surface area (Å²) in [7, 11) is 1.54. The second kappa shape index (κ2) is 5.01. The summed E-state index contributed by atoms with van der Waals surface area (Å²) < 4.78 is 5.06. The van der Waals surface area contributed by atoms with Gasteiger partial charge >= 0.3 is 0 Å². The Morgan fingerprint density at radius 2 is 2.12 bits per heavy atom. The molecule has 0 spiro atoms. The van der Waals surface area contributed by atoms with Gasteiger partial charge in [-0.3, -0.25) is 0 Å². The molecule has 1 aromatic carbocycles. The van der Waals surface area contributed by atoms with Gasteiger partial charge in [-0.2, -0.15) is 5.10 Å². The molecule has 0 aliphatic heterocycles. The van der Waals surface area contributed by atoms with Gasteiger partial charge in [0, 0.05) is 5.56 Å². The summed E-state index contributed by atoms with van der Waals surface area (Å²) in [5.41, 5.74) is 11.4. The lowest BCUT2D eigenvalue weighted by molar-refractivity contribution is 0.411. The van der Waals surface area contributed by atoms with E-state index in [0.29, 0.717) is 16.9 Å². The first-order valence-electron chi connectivity index (χ1n) is 4.54. The molecule has 0 aromatic heterocycles. The van der Waals surface area contributed by atoms with Gasteiger partial charge in [0.2, 0.25) is 5.96 Å². The summed E-state index contributed by atoms with van der Waals surface area (Å²) in [6.07, 6.45) is 1.35. The number of ether oxygens (including phenoxy) is 1. The highest BCUT2D eigenvalue weighted by Crippen LogP contribution is 2.26. The van der Waals surface area contributed by atoms with Crippen molar-refractivity contribution in [3.05, 3.63) is 23.3 Å². The second-order valence-corrected chi connectivity index (χ2v) is 3.15. The average Bonchev–Trinajstić information content (AvgIpc) is 2.23. The number of benzene rings is 1. The number of phenols is 1. The number of nitrogens with zero attached hydrogens (tertiary/aromatic N) is 2. The number of phenolic OH excluding ortho intramolecular Hbond substituents is 1. The molecule has 0 saturated heterocycles. The SMILES string of the molecule is COc1cc(C)c(O)c(C=NN=C(N)N)c1. The van der Waals surface area contributed by atoms with Gasteiger partial charge in [-0.1, -0.05) is 0 Å². The fourth-order valence-corrected chi connectivity index (χ4v) is 1.15. The molecule has 6 nitrogen and oxygen atoms in total. The van der Waals surface area contributed by atoms with E-state index in [9.17, 15) is 5.11 Å². The third kappa shape index (κ3) is 2.88. The van der Waals surface area contributed by atoms with Crippen LogP contribution < -0.4 is 16.2 Å². The minimum absolute atomic E-state index is 0.121. The van der Waals surface area contributed by atoms with E-state index in [4.69, 9.17) is 16.2 Å². The highest BCUT2D eigenvalue weighted by Gasteiger charge is 2.05. The van der Waals surface area contributed by atoms with Crippen LogP contribution in [0.25, 0.3) is 0 Å². The molecule has 0 aliphatic rings. The molecule has 0 atom stereocenters. The Kier molecular flexibility index (Phi) is 3.71. The number of aryl methyl sites for hydroxylation is 1. The minimum Gasteiger partial charge on any atom is -0.507 e. The maximum Gasteiger partial charge on any atom is 0.211 e. The lowest BCUT2D eigenvalue weighted by atomic mass is 10.1. The van der Waals surface area contributed by atoms with E-state index in [1.165, 1.54) is 6.21 Å². The zero-order valence-corrected chi connectivity index (χ0v) is 9.14. The molecule has 0 aliphatic carbocycles. The van der Waals surface area contributed by atoms with E-state index in [0.717, 1.165) is 0 Å². The summed E-state index contributed by atoms with van der Waals surface area (Å²) in [4.78, 5) is 0. The normalized spacial score (nSPS) is 10.4. The lowest BCUT2D eigenvalue weighted by Crippen LogP contribution is -2.21. The van der Waals surface area contributed by atoms with Crippen LogP contribution in [0.1, 0.15) is 11.1 Å². The minimum atomic E-state index is -0.143. The van der Waals surface area contributed by atoms with E-state index >= 15 is 0 Å². The highest BCUT2D eigenvalue weighted by atomic mass is 16.5. The predicted octanol–water partition coefficient (Wildman–Crippen LogP) is 0.317. The van der Waals surface area contributed by atoms with Crippen LogP contribution in [0.3, 0.4) is 0 Å². The zero-order valence-electron chi connectivity index (χ0n) is 9.14. The van der Waals surface area contributed by atoms with E-state index in [-0.39, 0.29) is 11.7 Å². The molecule has 5 N–H and O–H groups in total. The standard InChI is InChI=1S/C10H14N4O2/c1-6-3-8(16-2)4-7(9(6)15)5-13-14-10(11)12/h3-5,15H,1-2H3,(H4,11,12,14). The van der Waals surface area contributed by atoms with Crippen molar-refractivity contribution in [3.63, 3.8) is 0 Å². The molecule has 0 heterocycles. The van der Waals surface area contributed by atoms with Gasteiger partial charge in [-0.15, -0.1) is 5.10 Å². The maximum atomic E-state index is 9.72. The maximum absolute atomic E-state index is 9.72. The van der Waals surface area contributed by atoms with E-state index in [2.05, 4.69) is 10.2 Å². The van der Waals surface area contributed by atoms with Gasteiger partial charge in [-0.05, 0) is 24.6 Å². The van der Waals surface area contributed by atoms with Crippen LogP contribution in [-0.4, -0.2) is 24.4 Å². The molecule has 6 heteroatoms. The zero-order chi connectivity index (χ0) is 12.1. The fraction of sp³-hybridized carbons (Fsp3) is 0.200. The third-order valence-corrected chi connectivity index (χ3v) is 1.91. The lowest BCUT2D eigenvalue weighted by Gasteiger charge is -2.06. The molecule has 0 saturated carbocycles. The Morgan fingerprint density at radius 3 is 2.69 bits per heavy atom. The van der Waals surface area contributed by atoms with Crippen LogP contribution in [0.5, 0.6) is 11.5 Å². The Hall–Kier alpha value is -2.24. The van der Waals surface area contributed by atoms with E-state index < -0.39 is 0 Å². The van der Waals surface area contributed by atoms with Crippen LogP contribution in [0.2, 0.25) is 0 Å². The molecule has 0 fully saturated rings. The van der Waals surface area contributed by atoms with Gasteiger partial charge in [0.05, 0.1) is 13.3 Å². The van der Waals surface area contributed by atoms with Gasteiger partial charge in [-0.25, -0.2) is 0 Å². The Balaban J connectivity index is 3.08. The van der Waals surface area contributed by atoms with E-state index in [1.54, 1.807) is 26.2 Å². The Morgan fingerprint density at radius 1 is 1.44 bits per heavy atom. The number of hydrogen-bond acceptors (Lipinski definition) is 4. The summed E-state index contributed by atoms with van der Waals surface area (Å²) in [6, 6.07) is 3.35. The summed E-state index contributed by atoms with van der Waals surface area (Å²) in [6.45, 7) is 1.76. The number of nitrogens with two attached hydrogens (primary N) is 2. The smallest absolute Gasteiger partial charge is 0.211 e. The first-order chi connectivity index (χ1) is 7.54. The van der Waals surface area contributed by atoms with Gasteiger partial charge < -0.3 is 21.3 Å². The molecule has 86 valence electrons. The molecule has 1 aromatic rings. The molecule has 0 bridgehead atoms. The molecule has 0 amide bonds. The first-order valence-corrected chi connectivity index (χ1v) is 4.54. The molecular formula is C10H14N4O2. The predicted molar refractivity (Wildman–Crippen MR) is 62.8 cm³/mol. The highest BCUT2D eigenvalue weighted by molar-refractivity contribution is 5.85. The first kappa shape index (κ1) is 11.8. The largest absolute Gasteiger partial charge is 0.507 e. The van der Waals surface area contributed by atoms with Crippen LogP contribution >= 0.6 is 0 Å². The van der Waals surface area contributed by atoms with Crippen LogP contribution in [0, 0.1) is 6.92 Å². The van der Waals surface area contributed by atoms with Crippen molar-refractivity contribution in [2.75, 3.05) is 7.11 Å². The summed E-state index contributed by atoms with van der Waals surface area (Å²) in [5.74, 6) is 0.604. The number of hydrogen-bond donors (Lipinski definition) is 3. The van der Waals surface area contributed by atoms with Crippen molar-refractivity contribution >= 4 is 12.2 Å². The molecule has 16 heavy (non-hydrogen) atoms. The van der Waals surface area contributed by atoms with Crippen LogP contribution in [0.15, 0.2) is 22.3 Å². The molecular weight excluding hydrogens is 208 g/mol. The Labute approximate surface area is 93.2 Å². The van der Waals surface area contributed by atoms with Gasteiger partial charge in [0.1, 0.15) is 11.5 Å². The van der Waals surface area contributed by atoms with Crippen molar-refractivity contribution in [2.24, 2.45) is 21.7 Å². The number of methoxy groups -OCH3 is 1. The van der Waals surface area contributed by atoms with Crippen molar-refractivity contribution < 1.29 is 9.84 Å². The summed E-state index contributed by atoms with van der Waals surface area (Å²) >= 11 is 0. The van der Waals surface area contributed by atoms with Crippen molar-refractivity contribution in [2.45, 2.75) is 6.92 Å². The average molecular weight is 222 g/mol. The monoisotopic (exact) mass is 222 g/mol. The van der Waals surface area contributed by atoms with E-state index in [1.807, 2.05) is 0 Å². The van der Waals surface area contributed by atoms with Crippen molar-refractivity contribution in [1.82, 2.24) is 0 Å². The van der Waals surface area contributed by atoms with Gasteiger partial charge in [0.15, 0.2) is 0 Å². The Bertz CT molecular complexity index is 437. The number of aromatic hydroxyl groups is 1. The molecule has 0 radical (unpaired) electrons. The molecule has 0 unspecified atom stereocenters. The van der Waals surface area contributed by atoms with Crippen molar-refractivity contribution in [3.8, 4) is 11.5 Å². The second-order valence-electron chi connectivity index (χ2n) is 3.15. The molecule has 1 rings (SSSR count). The quantitative estimate of drug-likeness (QED) is 0.389. The summed E-state index contributed by atoms with van der Waals surface area (Å²) in [5, 5.41) is 16.8. The fourth-order valence-electron chi connectivity index (χ4n) is 1.15. The topological polar surface area (TPSA) is 106 Å². The number of rotatable bonds is 3. The van der Waals surface area contributed by atoms with Crippen molar-refractivity contribution in [1.29, 1.82) is 0 Å². The van der Waals surface area contributed by atoms with Gasteiger partial charge in [0.25, 0.3) is 0 Å². The third-order valence-electron chi connectivity index (χ3n) is 1.91. The van der Waals surface area contributed by atoms with Crippen LogP contribution in [0.4, 0.5) is 0 Å². The number of guanidine groups is 1. The van der Waals surface area contributed by atoms with Crippen LogP contribution in [-0.2, 0) is 0 Å².